The van der Waals surface area contributed by atoms with Crippen molar-refractivity contribution in [3.05, 3.63) is 77.1 Å². The third kappa shape index (κ3) is 5.10. The van der Waals surface area contributed by atoms with Crippen LogP contribution in [0.25, 0.3) is 0 Å². The second-order valence-electron chi connectivity index (χ2n) is 7.03. The number of aryl methyl sites for hydroxylation is 2. The van der Waals surface area contributed by atoms with E-state index in [2.05, 4.69) is 23.4 Å². The molecule has 0 spiro atoms. The standard InChI is InChI=1S/C23H25N3O3S/c1-15-10-11-19(12-16(15)2)30-14-21(27)24-20-13-26(25-22(20)23(28)29-4)17(3)18-8-6-5-7-9-18/h5-13,17H,14H2,1-4H3,(H,24,27). The molecule has 0 saturated heterocycles. The fraction of sp³-hybridized carbons (Fsp3) is 0.261. The maximum absolute atomic E-state index is 12.5. The van der Waals surface area contributed by atoms with Crippen molar-refractivity contribution < 1.29 is 14.3 Å². The highest BCUT2D eigenvalue weighted by molar-refractivity contribution is 8.00. The predicted octanol–water partition coefficient (Wildman–Crippen LogP) is 4.63. The topological polar surface area (TPSA) is 73.2 Å². The first-order valence-electron chi connectivity index (χ1n) is 9.61. The van der Waals surface area contributed by atoms with Crippen LogP contribution in [0.15, 0.2) is 59.6 Å². The molecule has 6 nitrogen and oxygen atoms in total. The third-order valence-corrected chi connectivity index (χ3v) is 5.91. The zero-order chi connectivity index (χ0) is 21.7. The van der Waals surface area contributed by atoms with Crippen molar-refractivity contribution in [2.45, 2.75) is 31.7 Å². The van der Waals surface area contributed by atoms with Crippen molar-refractivity contribution in [1.29, 1.82) is 0 Å². The first-order chi connectivity index (χ1) is 14.4. The fourth-order valence-electron chi connectivity index (χ4n) is 2.95. The van der Waals surface area contributed by atoms with E-state index in [-0.39, 0.29) is 23.4 Å². The number of carbonyl (C=O) groups is 2. The van der Waals surface area contributed by atoms with E-state index in [1.165, 1.54) is 30.0 Å². The Balaban J connectivity index is 1.75. The number of methoxy groups -OCH3 is 1. The van der Waals surface area contributed by atoms with Crippen LogP contribution in [0, 0.1) is 13.8 Å². The molecule has 2 aromatic carbocycles. The second-order valence-corrected chi connectivity index (χ2v) is 8.08. The van der Waals surface area contributed by atoms with E-state index in [1.54, 1.807) is 10.9 Å². The molecule has 0 radical (unpaired) electrons. The molecule has 1 heterocycles. The molecule has 7 heteroatoms. The Morgan fingerprint density at radius 2 is 1.87 bits per heavy atom. The van der Waals surface area contributed by atoms with Crippen LogP contribution in [-0.4, -0.2) is 34.5 Å². The Kier molecular flexibility index (Phi) is 6.95. The molecule has 1 amide bonds. The molecule has 0 aliphatic rings. The molecule has 0 bridgehead atoms. The molecular formula is C23H25N3O3S. The Bertz CT molecular complexity index is 1050. The summed E-state index contributed by atoms with van der Waals surface area (Å²) in [7, 11) is 1.29. The molecule has 1 N–H and O–H groups in total. The highest BCUT2D eigenvalue weighted by atomic mass is 32.2. The molecule has 3 aromatic rings. The Morgan fingerprint density at radius 3 is 2.53 bits per heavy atom. The summed E-state index contributed by atoms with van der Waals surface area (Å²) >= 11 is 1.45. The number of amides is 1. The number of nitrogens with one attached hydrogen (secondary N) is 1. The van der Waals surface area contributed by atoms with E-state index in [0.29, 0.717) is 5.69 Å². The molecule has 1 atom stereocenters. The van der Waals surface area contributed by atoms with E-state index in [0.717, 1.165) is 10.5 Å². The van der Waals surface area contributed by atoms with Crippen LogP contribution in [0.4, 0.5) is 5.69 Å². The lowest BCUT2D eigenvalue weighted by atomic mass is 10.1. The molecule has 1 aromatic heterocycles. The van der Waals surface area contributed by atoms with Gasteiger partial charge in [0.15, 0.2) is 5.69 Å². The second kappa shape index (κ2) is 9.63. The van der Waals surface area contributed by atoms with Gasteiger partial charge in [0, 0.05) is 4.90 Å². The monoisotopic (exact) mass is 423 g/mol. The number of hydrogen-bond donors (Lipinski definition) is 1. The summed E-state index contributed by atoms with van der Waals surface area (Å²) in [5, 5.41) is 7.18. The largest absolute Gasteiger partial charge is 0.464 e. The van der Waals surface area contributed by atoms with E-state index in [4.69, 9.17) is 4.74 Å². The van der Waals surface area contributed by atoms with Gasteiger partial charge in [0.25, 0.3) is 0 Å². The lowest BCUT2D eigenvalue weighted by Gasteiger charge is -2.12. The van der Waals surface area contributed by atoms with Gasteiger partial charge in [0.05, 0.1) is 30.8 Å². The van der Waals surface area contributed by atoms with Crippen LogP contribution in [0.5, 0.6) is 0 Å². The minimum absolute atomic E-state index is 0.0878. The Hall–Kier alpha value is -3.06. The zero-order valence-corrected chi connectivity index (χ0v) is 18.3. The average Bonchev–Trinajstić information content (AvgIpc) is 3.17. The smallest absolute Gasteiger partial charge is 0.360 e. The van der Waals surface area contributed by atoms with Crippen molar-refractivity contribution in [2.24, 2.45) is 0 Å². The van der Waals surface area contributed by atoms with Gasteiger partial charge in [-0.1, -0.05) is 36.4 Å². The molecule has 0 fully saturated rings. The Labute approximate surface area is 180 Å². The number of aromatic nitrogens is 2. The SMILES string of the molecule is COC(=O)c1nn(C(C)c2ccccc2)cc1NC(=O)CSc1ccc(C)c(C)c1. The minimum atomic E-state index is -0.592. The zero-order valence-electron chi connectivity index (χ0n) is 17.5. The maximum atomic E-state index is 12.5. The van der Waals surface area contributed by atoms with E-state index in [9.17, 15) is 9.59 Å². The summed E-state index contributed by atoms with van der Waals surface area (Å²) in [4.78, 5) is 25.7. The quantitative estimate of drug-likeness (QED) is 0.443. The van der Waals surface area contributed by atoms with Crippen LogP contribution in [0.1, 0.15) is 40.1 Å². The molecule has 30 heavy (non-hydrogen) atoms. The van der Waals surface area contributed by atoms with Crippen molar-refractivity contribution in [3.8, 4) is 0 Å². The van der Waals surface area contributed by atoms with Crippen molar-refractivity contribution in [3.63, 3.8) is 0 Å². The van der Waals surface area contributed by atoms with Crippen LogP contribution in [0.2, 0.25) is 0 Å². The van der Waals surface area contributed by atoms with E-state index < -0.39 is 5.97 Å². The number of rotatable bonds is 7. The number of anilines is 1. The summed E-state index contributed by atoms with van der Waals surface area (Å²) in [6, 6.07) is 15.8. The number of hydrogen-bond acceptors (Lipinski definition) is 5. The van der Waals surface area contributed by atoms with Gasteiger partial charge in [0.1, 0.15) is 0 Å². The maximum Gasteiger partial charge on any atom is 0.360 e. The normalized spacial score (nSPS) is 11.7. The number of ether oxygens (including phenoxy) is 1. The van der Waals surface area contributed by atoms with E-state index in [1.807, 2.05) is 56.3 Å². The van der Waals surface area contributed by atoms with Gasteiger partial charge in [-0.25, -0.2) is 4.79 Å². The van der Waals surface area contributed by atoms with Crippen LogP contribution in [-0.2, 0) is 9.53 Å². The average molecular weight is 424 g/mol. The van der Waals surface area contributed by atoms with Crippen molar-refractivity contribution >= 4 is 29.3 Å². The van der Waals surface area contributed by atoms with Gasteiger partial charge < -0.3 is 10.1 Å². The van der Waals surface area contributed by atoms with Crippen LogP contribution in [0.3, 0.4) is 0 Å². The molecule has 0 aliphatic carbocycles. The molecule has 156 valence electrons. The number of thioether (sulfide) groups is 1. The minimum Gasteiger partial charge on any atom is -0.464 e. The summed E-state index contributed by atoms with van der Waals surface area (Å²) in [5.74, 6) is -0.580. The molecular weight excluding hydrogens is 398 g/mol. The highest BCUT2D eigenvalue weighted by Gasteiger charge is 2.21. The molecule has 3 rings (SSSR count). The summed E-state index contributed by atoms with van der Waals surface area (Å²) < 4.78 is 6.50. The van der Waals surface area contributed by atoms with Crippen molar-refractivity contribution in [2.75, 3.05) is 18.2 Å². The predicted molar refractivity (Wildman–Crippen MR) is 119 cm³/mol. The van der Waals surface area contributed by atoms with Gasteiger partial charge >= 0.3 is 5.97 Å². The number of nitrogens with zero attached hydrogens (tertiary/aromatic N) is 2. The lowest BCUT2D eigenvalue weighted by Crippen LogP contribution is -2.16. The number of carbonyl (C=O) groups excluding carboxylic acids is 2. The fourth-order valence-corrected chi connectivity index (χ4v) is 3.75. The van der Waals surface area contributed by atoms with Gasteiger partial charge in [-0.05, 0) is 49.6 Å². The van der Waals surface area contributed by atoms with E-state index >= 15 is 0 Å². The van der Waals surface area contributed by atoms with Crippen LogP contribution >= 0.6 is 11.8 Å². The van der Waals surface area contributed by atoms with Crippen LogP contribution < -0.4 is 5.32 Å². The summed E-state index contributed by atoms with van der Waals surface area (Å²) in [6.07, 6.45) is 1.67. The first-order valence-corrected chi connectivity index (χ1v) is 10.6. The number of esters is 1. The highest BCUT2D eigenvalue weighted by Crippen LogP contribution is 2.24. The van der Waals surface area contributed by atoms with Gasteiger partial charge in [-0.3, -0.25) is 9.48 Å². The van der Waals surface area contributed by atoms with Gasteiger partial charge in [0.2, 0.25) is 5.91 Å². The first kappa shape index (κ1) is 21.6. The summed E-state index contributed by atoms with van der Waals surface area (Å²) in [6.45, 7) is 6.08. The lowest BCUT2D eigenvalue weighted by molar-refractivity contribution is -0.113. The van der Waals surface area contributed by atoms with Crippen molar-refractivity contribution in [1.82, 2.24) is 9.78 Å². The molecule has 1 unspecified atom stereocenters. The third-order valence-electron chi connectivity index (χ3n) is 4.91. The molecule has 0 aliphatic heterocycles. The Morgan fingerprint density at radius 1 is 1.13 bits per heavy atom. The summed E-state index contributed by atoms with van der Waals surface area (Å²) in [5.41, 5.74) is 3.87. The van der Waals surface area contributed by atoms with Gasteiger partial charge in [-0.15, -0.1) is 11.8 Å². The number of benzene rings is 2. The molecule has 0 saturated carbocycles. The van der Waals surface area contributed by atoms with Gasteiger partial charge in [-0.2, -0.15) is 5.10 Å².